The molecule has 3 fully saturated rings. The average Bonchev–Trinajstić information content (AvgIpc) is 3.26. The van der Waals surface area contributed by atoms with Crippen molar-refractivity contribution in [1.29, 1.82) is 0 Å². The summed E-state index contributed by atoms with van der Waals surface area (Å²) in [6.45, 7) is 0.988. The van der Waals surface area contributed by atoms with Gasteiger partial charge in [-0.15, -0.1) is 13.2 Å². The molecule has 0 aromatic heterocycles. The van der Waals surface area contributed by atoms with E-state index in [1.54, 1.807) is 11.0 Å². The first-order valence-electron chi connectivity index (χ1n) is 13.6. The van der Waals surface area contributed by atoms with Crippen LogP contribution < -0.4 is 9.64 Å². The van der Waals surface area contributed by atoms with E-state index < -0.39 is 54.1 Å². The molecule has 0 unspecified atom stereocenters. The van der Waals surface area contributed by atoms with Gasteiger partial charge < -0.3 is 24.4 Å². The van der Waals surface area contributed by atoms with Crippen molar-refractivity contribution >= 4 is 17.7 Å². The van der Waals surface area contributed by atoms with Crippen LogP contribution in [-0.2, 0) is 16.1 Å². The lowest BCUT2D eigenvalue weighted by molar-refractivity contribution is -0.308. The van der Waals surface area contributed by atoms with Crippen molar-refractivity contribution in [1.82, 2.24) is 9.80 Å². The molecule has 0 bridgehead atoms. The predicted molar refractivity (Wildman–Crippen MR) is 131 cm³/mol. The van der Waals surface area contributed by atoms with Crippen molar-refractivity contribution in [3.05, 3.63) is 23.8 Å². The highest BCUT2D eigenvalue weighted by Gasteiger charge is 2.60. The van der Waals surface area contributed by atoms with E-state index >= 15 is 0 Å². The van der Waals surface area contributed by atoms with Gasteiger partial charge in [0.1, 0.15) is 5.75 Å². The molecular weight excluding hydrogens is 605 g/mol. The second-order valence-corrected chi connectivity index (χ2v) is 11.1. The maximum atomic E-state index is 13.1. The molecule has 1 amide bonds. The lowest BCUT2D eigenvalue weighted by Crippen LogP contribution is -2.54. The van der Waals surface area contributed by atoms with Crippen LogP contribution in [-0.4, -0.2) is 90.1 Å². The zero-order chi connectivity index (χ0) is 31.8. The van der Waals surface area contributed by atoms with E-state index in [1.807, 2.05) is 4.90 Å². The topological polar surface area (TPSA) is 82.6 Å². The number of ether oxygens (including phenoxy) is 2. The van der Waals surface area contributed by atoms with Gasteiger partial charge in [0.15, 0.2) is 0 Å². The summed E-state index contributed by atoms with van der Waals surface area (Å²) in [5.41, 5.74) is 0.319. The van der Waals surface area contributed by atoms with Crippen LogP contribution >= 0.6 is 0 Å². The normalized spacial score (nSPS) is 20.6. The molecular formula is C26H30F9N3O5. The van der Waals surface area contributed by atoms with Crippen molar-refractivity contribution < 1.29 is 63.7 Å². The van der Waals surface area contributed by atoms with Crippen molar-refractivity contribution in [2.24, 2.45) is 5.92 Å². The molecule has 17 heteroatoms. The number of halogens is 9. The molecule has 1 aromatic rings. The Morgan fingerprint density at radius 3 is 2.02 bits per heavy atom. The number of carboxylic acids is 1. The summed E-state index contributed by atoms with van der Waals surface area (Å²) in [7, 11) is 0. The molecule has 1 N–H and O–H groups in total. The van der Waals surface area contributed by atoms with E-state index in [-0.39, 0.29) is 32.5 Å². The third kappa shape index (κ3) is 8.09. The van der Waals surface area contributed by atoms with Gasteiger partial charge in [-0.1, -0.05) is 0 Å². The van der Waals surface area contributed by atoms with E-state index in [0.717, 1.165) is 4.90 Å². The quantitative estimate of drug-likeness (QED) is 0.388. The number of carboxylic acid groups (broad SMARTS) is 1. The van der Waals surface area contributed by atoms with Gasteiger partial charge in [0, 0.05) is 50.0 Å². The first-order valence-corrected chi connectivity index (χ1v) is 13.6. The van der Waals surface area contributed by atoms with Gasteiger partial charge in [-0.3, -0.25) is 9.69 Å². The molecule has 0 radical (unpaired) electrons. The summed E-state index contributed by atoms with van der Waals surface area (Å²) in [5.74, 6) is -1.94. The summed E-state index contributed by atoms with van der Waals surface area (Å²) in [6, 6.07) is 4.17. The summed E-state index contributed by atoms with van der Waals surface area (Å²) >= 11 is 0. The van der Waals surface area contributed by atoms with Crippen LogP contribution in [0, 0.1) is 5.92 Å². The van der Waals surface area contributed by atoms with Crippen molar-refractivity contribution in [2.75, 3.05) is 37.6 Å². The summed E-state index contributed by atoms with van der Waals surface area (Å²) in [4.78, 5) is 28.1. The third-order valence-electron chi connectivity index (χ3n) is 8.27. The highest BCUT2D eigenvalue weighted by atomic mass is 19.4. The Morgan fingerprint density at radius 2 is 1.49 bits per heavy atom. The van der Waals surface area contributed by atoms with Gasteiger partial charge in [-0.25, -0.2) is 4.79 Å². The zero-order valence-corrected chi connectivity index (χ0v) is 22.7. The Balaban J connectivity index is 1.46. The second-order valence-electron chi connectivity index (χ2n) is 11.1. The Morgan fingerprint density at radius 1 is 0.884 bits per heavy atom. The predicted octanol–water partition coefficient (Wildman–Crippen LogP) is 5.95. The van der Waals surface area contributed by atoms with Crippen molar-refractivity contribution in [3.63, 3.8) is 0 Å². The lowest BCUT2D eigenvalue weighted by atomic mass is 9.85. The number of aliphatic carboxylic acids is 1. The number of amides is 1. The van der Waals surface area contributed by atoms with Crippen molar-refractivity contribution in [3.8, 4) is 5.75 Å². The Labute approximate surface area is 240 Å². The van der Waals surface area contributed by atoms with Crippen molar-refractivity contribution in [2.45, 2.75) is 75.4 Å². The Kier molecular flexibility index (Phi) is 9.24. The molecule has 0 atom stereocenters. The van der Waals surface area contributed by atoms with Gasteiger partial charge in [0.25, 0.3) is 6.10 Å². The van der Waals surface area contributed by atoms with Gasteiger partial charge in [0.2, 0.25) is 0 Å². The molecule has 4 rings (SSSR count). The fourth-order valence-corrected chi connectivity index (χ4v) is 6.12. The molecule has 8 nitrogen and oxygen atoms in total. The minimum absolute atomic E-state index is 0.168. The highest BCUT2D eigenvalue weighted by molar-refractivity contribution is 5.70. The number of likely N-dealkylation sites (tertiary alicyclic amines) is 2. The molecule has 43 heavy (non-hydrogen) atoms. The van der Waals surface area contributed by atoms with Crippen LogP contribution in [0.25, 0.3) is 0 Å². The van der Waals surface area contributed by atoms with E-state index in [4.69, 9.17) is 0 Å². The molecule has 3 aliphatic rings. The number of rotatable bonds is 6. The fraction of sp³-hybridized carbons (Fsp3) is 0.692. The van der Waals surface area contributed by atoms with Crippen LogP contribution in [0.2, 0.25) is 0 Å². The first kappa shape index (κ1) is 32.8. The number of carbonyl (C=O) groups is 2. The molecule has 1 spiro atoms. The summed E-state index contributed by atoms with van der Waals surface area (Å²) in [5, 5.41) is 9.25. The smallest absolute Gasteiger partial charge is 0.481 e. The average molecular weight is 636 g/mol. The zero-order valence-electron chi connectivity index (χ0n) is 22.7. The minimum atomic E-state index is -5.83. The van der Waals surface area contributed by atoms with Crippen LogP contribution in [0.5, 0.6) is 5.75 Å². The van der Waals surface area contributed by atoms with Gasteiger partial charge in [-0.2, -0.15) is 26.3 Å². The standard InChI is InChI=1S/C26H30F9N3O5/c27-24(28,29)21(25(30,31)32)42-22(41)37-10-5-23(6-11-37)4-1-7-38(23)15-16-12-18(14-19(13-16)43-26(33,34)35)36-8-2-17(3-9-36)20(39)40/h12-14,17,21H,1-11,15H2,(H,39,40). The van der Waals surface area contributed by atoms with E-state index in [2.05, 4.69) is 9.47 Å². The first-order chi connectivity index (χ1) is 19.9. The summed E-state index contributed by atoms with van der Waals surface area (Å²) < 4.78 is 124. The number of hydrogen-bond donors (Lipinski definition) is 1. The van der Waals surface area contributed by atoms with Gasteiger partial charge in [0.05, 0.1) is 5.92 Å². The van der Waals surface area contributed by atoms with Gasteiger partial charge >= 0.3 is 30.8 Å². The maximum absolute atomic E-state index is 13.1. The number of piperidine rings is 2. The van der Waals surface area contributed by atoms with Gasteiger partial charge in [-0.05, 0) is 62.8 Å². The molecule has 0 aliphatic carbocycles. The highest BCUT2D eigenvalue weighted by Crippen LogP contribution is 2.42. The summed E-state index contributed by atoms with van der Waals surface area (Å²) in [6.07, 6.45) is -20.3. The number of anilines is 1. The minimum Gasteiger partial charge on any atom is -0.481 e. The molecule has 0 saturated carbocycles. The third-order valence-corrected chi connectivity index (χ3v) is 8.27. The van der Waals surface area contributed by atoms with E-state index in [1.165, 1.54) is 12.1 Å². The van der Waals surface area contributed by atoms with Crippen LogP contribution in [0.15, 0.2) is 18.2 Å². The molecule has 3 aliphatic heterocycles. The molecule has 3 saturated heterocycles. The van der Waals surface area contributed by atoms with Crippen LogP contribution in [0.1, 0.15) is 44.1 Å². The maximum Gasteiger partial charge on any atom is 0.573 e. The monoisotopic (exact) mass is 635 g/mol. The Hall–Kier alpha value is -3.11. The Bertz CT molecular complexity index is 1140. The van der Waals surface area contributed by atoms with E-state index in [9.17, 15) is 54.2 Å². The largest absolute Gasteiger partial charge is 0.573 e. The second kappa shape index (κ2) is 12.1. The number of alkyl halides is 9. The number of hydrogen-bond acceptors (Lipinski definition) is 6. The number of benzene rings is 1. The lowest BCUT2D eigenvalue weighted by Gasteiger charge is -2.45. The number of nitrogens with zero attached hydrogens (tertiary/aromatic N) is 3. The fourth-order valence-electron chi connectivity index (χ4n) is 6.12. The van der Waals surface area contributed by atoms with Crippen LogP contribution in [0.4, 0.5) is 50.0 Å². The molecule has 242 valence electrons. The van der Waals surface area contributed by atoms with Crippen LogP contribution in [0.3, 0.4) is 0 Å². The van der Waals surface area contributed by atoms with E-state index in [0.29, 0.717) is 56.6 Å². The SMILES string of the molecule is O=C(O)C1CCN(c2cc(CN3CCCC34CCN(C(=O)OC(C(F)(F)F)C(F)(F)F)CC4)cc(OC(F)(F)F)c2)CC1. The molecule has 3 heterocycles. The number of carbonyl (C=O) groups excluding carboxylic acids is 1. The molecule has 1 aromatic carbocycles.